The molecule has 2 aromatic heterocycles. The molecule has 0 saturated carbocycles. The van der Waals surface area contributed by atoms with Crippen molar-refractivity contribution in [2.75, 3.05) is 31.1 Å². The number of benzene rings is 1. The molecule has 1 fully saturated rings. The minimum atomic E-state index is -0.302. The normalized spacial score (nSPS) is 15.0. The molecule has 1 saturated heterocycles. The number of rotatable bonds is 2. The van der Waals surface area contributed by atoms with Gasteiger partial charge in [-0.2, -0.15) is 0 Å². The van der Waals surface area contributed by atoms with Crippen molar-refractivity contribution in [3.8, 4) is 0 Å². The molecule has 1 aliphatic rings. The van der Waals surface area contributed by atoms with Crippen LogP contribution in [0.3, 0.4) is 0 Å². The number of piperazine rings is 1. The summed E-state index contributed by atoms with van der Waals surface area (Å²) in [4.78, 5) is 25.3. The zero-order chi connectivity index (χ0) is 17.4. The topological polar surface area (TPSA) is 54.3 Å². The van der Waals surface area contributed by atoms with Crippen molar-refractivity contribution in [1.29, 1.82) is 0 Å². The SMILES string of the molecule is Cn1c(C(=O)N2CCN(c3ncccn3)CC2)cc2ccc(F)cc21. The second-order valence-corrected chi connectivity index (χ2v) is 6.12. The Hall–Kier alpha value is -2.96. The average molecular weight is 339 g/mol. The number of hydrogen-bond acceptors (Lipinski definition) is 4. The monoisotopic (exact) mass is 339 g/mol. The van der Waals surface area contributed by atoms with E-state index in [4.69, 9.17) is 0 Å². The van der Waals surface area contributed by atoms with Gasteiger partial charge in [0.25, 0.3) is 5.91 Å². The summed E-state index contributed by atoms with van der Waals surface area (Å²) in [5.41, 5.74) is 1.30. The summed E-state index contributed by atoms with van der Waals surface area (Å²) >= 11 is 0. The van der Waals surface area contributed by atoms with Gasteiger partial charge in [-0.1, -0.05) is 0 Å². The van der Waals surface area contributed by atoms with Gasteiger partial charge in [-0.3, -0.25) is 4.79 Å². The molecular formula is C18H18FN5O. The Morgan fingerprint density at radius 2 is 1.80 bits per heavy atom. The van der Waals surface area contributed by atoms with Crippen LogP contribution in [0.5, 0.6) is 0 Å². The van der Waals surface area contributed by atoms with E-state index < -0.39 is 0 Å². The lowest BCUT2D eigenvalue weighted by atomic mass is 10.2. The lowest BCUT2D eigenvalue weighted by Gasteiger charge is -2.34. The third kappa shape index (κ3) is 2.82. The van der Waals surface area contributed by atoms with Gasteiger partial charge in [-0.25, -0.2) is 14.4 Å². The summed E-state index contributed by atoms with van der Waals surface area (Å²) in [5.74, 6) is 0.353. The lowest BCUT2D eigenvalue weighted by Crippen LogP contribution is -2.49. The highest BCUT2D eigenvalue weighted by atomic mass is 19.1. The van der Waals surface area contributed by atoms with E-state index in [1.165, 1.54) is 12.1 Å². The van der Waals surface area contributed by atoms with Gasteiger partial charge in [-0.05, 0) is 30.3 Å². The first kappa shape index (κ1) is 15.6. The summed E-state index contributed by atoms with van der Waals surface area (Å²) < 4.78 is 15.2. The van der Waals surface area contributed by atoms with E-state index in [1.807, 2.05) is 11.0 Å². The predicted molar refractivity (Wildman–Crippen MR) is 93.0 cm³/mol. The van der Waals surface area contributed by atoms with E-state index >= 15 is 0 Å². The molecule has 3 aromatic rings. The predicted octanol–water partition coefficient (Wildman–Crippen LogP) is 2.07. The minimum absolute atomic E-state index is 0.0345. The number of fused-ring (bicyclic) bond motifs is 1. The first-order chi connectivity index (χ1) is 12.1. The number of aryl methyl sites for hydroxylation is 1. The molecule has 0 unspecified atom stereocenters. The molecule has 1 amide bonds. The minimum Gasteiger partial charge on any atom is -0.340 e. The number of carbonyl (C=O) groups is 1. The summed E-state index contributed by atoms with van der Waals surface area (Å²) in [6.07, 6.45) is 3.43. The molecule has 0 spiro atoms. The van der Waals surface area contributed by atoms with Gasteiger partial charge in [0.1, 0.15) is 11.5 Å². The van der Waals surface area contributed by atoms with Crippen LogP contribution >= 0.6 is 0 Å². The van der Waals surface area contributed by atoms with Crippen molar-refractivity contribution in [1.82, 2.24) is 19.4 Å². The standard InChI is InChI=1S/C18H18FN5O/c1-22-15-12-14(19)4-3-13(15)11-16(22)17(25)23-7-9-24(10-8-23)18-20-5-2-6-21-18/h2-6,11-12H,7-10H2,1H3. The van der Waals surface area contributed by atoms with E-state index in [0.717, 1.165) is 10.9 Å². The fourth-order valence-corrected chi connectivity index (χ4v) is 3.23. The Morgan fingerprint density at radius 3 is 2.52 bits per heavy atom. The number of aromatic nitrogens is 3. The van der Waals surface area contributed by atoms with Crippen molar-refractivity contribution < 1.29 is 9.18 Å². The maximum atomic E-state index is 13.5. The Kier molecular flexibility index (Phi) is 3.83. The smallest absolute Gasteiger partial charge is 0.270 e. The van der Waals surface area contributed by atoms with E-state index in [1.54, 1.807) is 36.1 Å². The van der Waals surface area contributed by atoms with Gasteiger partial charge in [0, 0.05) is 51.0 Å². The number of halogens is 1. The molecular weight excluding hydrogens is 321 g/mol. The van der Waals surface area contributed by atoms with Crippen LogP contribution in [0.1, 0.15) is 10.5 Å². The van der Waals surface area contributed by atoms with E-state index in [0.29, 0.717) is 37.8 Å². The van der Waals surface area contributed by atoms with Crippen molar-refractivity contribution in [3.63, 3.8) is 0 Å². The lowest BCUT2D eigenvalue weighted by molar-refractivity contribution is 0.0737. The number of carbonyl (C=O) groups excluding carboxylic acids is 1. The maximum Gasteiger partial charge on any atom is 0.270 e. The van der Waals surface area contributed by atoms with Gasteiger partial charge in [0.05, 0.1) is 5.52 Å². The van der Waals surface area contributed by atoms with E-state index in [9.17, 15) is 9.18 Å². The molecule has 1 aliphatic heterocycles. The molecule has 0 aliphatic carbocycles. The molecule has 1 aromatic carbocycles. The Labute approximate surface area is 144 Å². The van der Waals surface area contributed by atoms with Crippen LogP contribution in [0.2, 0.25) is 0 Å². The van der Waals surface area contributed by atoms with E-state index in [2.05, 4.69) is 14.9 Å². The van der Waals surface area contributed by atoms with Crippen LogP contribution < -0.4 is 4.90 Å². The Bertz CT molecular complexity index is 916. The average Bonchev–Trinajstić information content (AvgIpc) is 2.98. The zero-order valence-electron chi connectivity index (χ0n) is 13.9. The molecule has 3 heterocycles. The number of nitrogens with zero attached hydrogens (tertiary/aromatic N) is 5. The largest absolute Gasteiger partial charge is 0.340 e. The molecule has 4 rings (SSSR count). The highest BCUT2D eigenvalue weighted by Crippen LogP contribution is 2.21. The van der Waals surface area contributed by atoms with Gasteiger partial charge in [0.2, 0.25) is 5.95 Å². The molecule has 25 heavy (non-hydrogen) atoms. The number of anilines is 1. The van der Waals surface area contributed by atoms with Crippen molar-refractivity contribution in [3.05, 3.63) is 54.2 Å². The van der Waals surface area contributed by atoms with E-state index in [-0.39, 0.29) is 11.7 Å². The molecule has 0 N–H and O–H groups in total. The Balaban J connectivity index is 1.52. The highest BCUT2D eigenvalue weighted by molar-refractivity contribution is 5.98. The molecule has 0 radical (unpaired) electrons. The van der Waals surface area contributed by atoms with Crippen LogP contribution in [-0.2, 0) is 7.05 Å². The molecule has 7 heteroatoms. The Morgan fingerprint density at radius 1 is 1.08 bits per heavy atom. The molecule has 0 bridgehead atoms. The van der Waals surface area contributed by atoms with Gasteiger partial charge in [0.15, 0.2) is 0 Å². The van der Waals surface area contributed by atoms with Crippen molar-refractivity contribution >= 4 is 22.8 Å². The summed E-state index contributed by atoms with van der Waals surface area (Å²) in [5, 5.41) is 0.864. The molecule has 0 atom stereocenters. The van der Waals surface area contributed by atoms with Crippen LogP contribution in [-0.4, -0.2) is 51.5 Å². The second-order valence-electron chi connectivity index (χ2n) is 6.12. The summed E-state index contributed by atoms with van der Waals surface area (Å²) in [6.45, 7) is 2.59. The fourth-order valence-electron chi connectivity index (χ4n) is 3.23. The van der Waals surface area contributed by atoms with Gasteiger partial charge >= 0.3 is 0 Å². The van der Waals surface area contributed by atoms with Gasteiger partial charge < -0.3 is 14.4 Å². The first-order valence-corrected chi connectivity index (χ1v) is 8.20. The highest BCUT2D eigenvalue weighted by Gasteiger charge is 2.25. The third-order valence-corrected chi connectivity index (χ3v) is 4.63. The van der Waals surface area contributed by atoms with Crippen LogP contribution in [0.25, 0.3) is 10.9 Å². The first-order valence-electron chi connectivity index (χ1n) is 8.20. The molecule has 6 nitrogen and oxygen atoms in total. The van der Waals surface area contributed by atoms with Crippen LogP contribution in [0.15, 0.2) is 42.7 Å². The van der Waals surface area contributed by atoms with Crippen molar-refractivity contribution in [2.45, 2.75) is 0 Å². The van der Waals surface area contributed by atoms with Crippen molar-refractivity contribution in [2.24, 2.45) is 7.05 Å². The third-order valence-electron chi connectivity index (χ3n) is 4.63. The molecule has 128 valence electrons. The number of hydrogen-bond donors (Lipinski definition) is 0. The van der Waals surface area contributed by atoms with Crippen LogP contribution in [0, 0.1) is 5.82 Å². The zero-order valence-corrected chi connectivity index (χ0v) is 13.9. The quantitative estimate of drug-likeness (QED) is 0.717. The summed E-state index contributed by atoms with van der Waals surface area (Å²) in [7, 11) is 1.79. The maximum absolute atomic E-state index is 13.5. The van der Waals surface area contributed by atoms with Crippen LogP contribution in [0.4, 0.5) is 10.3 Å². The fraction of sp³-hybridized carbons (Fsp3) is 0.278. The second kappa shape index (κ2) is 6.16. The number of amides is 1. The summed E-state index contributed by atoms with van der Waals surface area (Å²) in [6, 6.07) is 8.17. The van der Waals surface area contributed by atoms with Gasteiger partial charge in [-0.15, -0.1) is 0 Å².